The van der Waals surface area contributed by atoms with Crippen LogP contribution < -0.4 is 10.1 Å². The molecule has 0 atom stereocenters. The van der Waals surface area contributed by atoms with Crippen molar-refractivity contribution in [2.24, 2.45) is 0 Å². The van der Waals surface area contributed by atoms with Crippen molar-refractivity contribution in [2.45, 2.75) is 0 Å². The highest BCUT2D eigenvalue weighted by Crippen LogP contribution is 2.21. The first kappa shape index (κ1) is 17.9. The number of carbonyl (C=O) groups is 1. The van der Waals surface area contributed by atoms with Crippen molar-refractivity contribution in [3.63, 3.8) is 0 Å². The Kier molecular flexibility index (Phi) is 6.00. The molecule has 0 aromatic heterocycles. The largest absolute Gasteiger partial charge is 0.490 e. The Hall–Kier alpha value is -3.48. The van der Waals surface area contributed by atoms with E-state index >= 15 is 0 Å². The molecular weight excluding hydrogens is 327 g/mol. The van der Waals surface area contributed by atoms with Gasteiger partial charge in [0, 0.05) is 17.8 Å². The van der Waals surface area contributed by atoms with Gasteiger partial charge >= 0.3 is 5.69 Å². The molecule has 25 heavy (non-hydrogen) atoms. The third-order valence-corrected chi connectivity index (χ3v) is 3.09. The van der Waals surface area contributed by atoms with Crippen molar-refractivity contribution >= 4 is 23.4 Å². The number of nitro benzene ring substituents is 1. The Morgan fingerprint density at radius 1 is 1.28 bits per heavy atom. The van der Waals surface area contributed by atoms with E-state index in [1.165, 1.54) is 12.1 Å². The molecule has 0 aliphatic heterocycles. The Morgan fingerprint density at radius 2 is 2.00 bits per heavy atom. The lowest BCUT2D eigenvalue weighted by Gasteiger charge is -2.03. The molecule has 0 spiro atoms. The van der Waals surface area contributed by atoms with Crippen molar-refractivity contribution in [1.29, 1.82) is 0 Å². The van der Waals surface area contributed by atoms with Crippen LogP contribution in [0.15, 0.2) is 61.2 Å². The molecule has 1 amide bonds. The van der Waals surface area contributed by atoms with Crippen LogP contribution >= 0.6 is 0 Å². The Morgan fingerprint density at radius 3 is 2.64 bits per heavy atom. The quantitative estimate of drug-likeness (QED) is 0.357. The number of anilines is 1. The number of benzene rings is 2. The van der Waals surface area contributed by atoms with Gasteiger partial charge in [-0.15, -0.1) is 0 Å². The van der Waals surface area contributed by atoms with Crippen LogP contribution in [-0.4, -0.2) is 17.4 Å². The van der Waals surface area contributed by atoms with Gasteiger partial charge in [-0.3, -0.25) is 14.9 Å². The Labute approximate surface area is 143 Å². The molecule has 0 radical (unpaired) electrons. The average molecular weight is 342 g/mol. The lowest BCUT2D eigenvalue weighted by Crippen LogP contribution is -2.08. The van der Waals surface area contributed by atoms with E-state index in [2.05, 4.69) is 11.9 Å². The first-order valence-corrected chi connectivity index (χ1v) is 7.26. The van der Waals surface area contributed by atoms with Crippen LogP contribution in [0.3, 0.4) is 0 Å². The lowest BCUT2D eigenvalue weighted by molar-refractivity contribution is -0.387. The number of nitrogens with zero attached hydrogens (tertiary/aromatic N) is 1. The highest BCUT2D eigenvalue weighted by Gasteiger charge is 2.14. The molecule has 0 saturated carbocycles. The molecule has 0 unspecified atom stereocenters. The van der Waals surface area contributed by atoms with Crippen molar-refractivity contribution in [3.8, 4) is 5.75 Å². The van der Waals surface area contributed by atoms with Crippen LogP contribution in [0.2, 0.25) is 0 Å². The molecule has 2 aromatic carbocycles. The molecular formula is C18H15FN2O4. The van der Waals surface area contributed by atoms with Gasteiger partial charge in [0.15, 0.2) is 0 Å². The normalized spacial score (nSPS) is 10.4. The fourth-order valence-corrected chi connectivity index (χ4v) is 1.92. The van der Waals surface area contributed by atoms with Crippen molar-refractivity contribution in [2.75, 3.05) is 11.9 Å². The first-order chi connectivity index (χ1) is 12.0. The predicted octanol–water partition coefficient (Wildman–Crippen LogP) is 3.95. The van der Waals surface area contributed by atoms with Gasteiger partial charge in [-0.2, -0.15) is 4.39 Å². The number of carbonyl (C=O) groups excluding carboxylic acids is 1. The van der Waals surface area contributed by atoms with E-state index < -0.39 is 22.3 Å². The molecule has 0 heterocycles. The molecule has 0 aliphatic rings. The average Bonchev–Trinajstić information content (AvgIpc) is 2.60. The summed E-state index contributed by atoms with van der Waals surface area (Å²) in [6.07, 6.45) is 4.48. The lowest BCUT2D eigenvalue weighted by atomic mass is 10.2. The minimum absolute atomic E-state index is 0.135. The van der Waals surface area contributed by atoms with Gasteiger partial charge in [0.2, 0.25) is 11.7 Å². The van der Waals surface area contributed by atoms with Gasteiger partial charge in [-0.25, -0.2) is 0 Å². The van der Waals surface area contributed by atoms with Gasteiger partial charge < -0.3 is 10.1 Å². The number of ether oxygens (including phenoxy) is 1. The number of nitrogens with one attached hydrogen (secondary N) is 1. The van der Waals surface area contributed by atoms with Crippen LogP contribution in [0.5, 0.6) is 5.75 Å². The second-order valence-corrected chi connectivity index (χ2v) is 4.91. The van der Waals surface area contributed by atoms with Crippen molar-refractivity contribution in [3.05, 3.63) is 82.7 Å². The molecule has 0 aliphatic carbocycles. The summed E-state index contributed by atoms with van der Waals surface area (Å²) >= 11 is 0. The molecule has 2 rings (SSSR count). The van der Waals surface area contributed by atoms with E-state index in [-0.39, 0.29) is 5.69 Å². The van der Waals surface area contributed by atoms with Gasteiger partial charge in [-0.05, 0) is 35.9 Å². The molecule has 0 fully saturated rings. The molecule has 0 bridgehead atoms. The van der Waals surface area contributed by atoms with E-state index in [0.717, 1.165) is 17.7 Å². The van der Waals surface area contributed by atoms with Gasteiger partial charge in [0.05, 0.1) is 4.92 Å². The summed E-state index contributed by atoms with van der Waals surface area (Å²) < 4.78 is 18.6. The van der Waals surface area contributed by atoms with Gasteiger partial charge in [0.25, 0.3) is 0 Å². The maximum atomic E-state index is 13.3. The van der Waals surface area contributed by atoms with Gasteiger partial charge in [0.1, 0.15) is 12.4 Å². The number of halogens is 1. The number of nitro groups is 1. The van der Waals surface area contributed by atoms with Crippen LogP contribution in [0.25, 0.3) is 6.08 Å². The highest BCUT2D eigenvalue weighted by molar-refractivity contribution is 6.02. The zero-order valence-electron chi connectivity index (χ0n) is 13.1. The number of rotatable bonds is 7. The Bertz CT molecular complexity index is 816. The summed E-state index contributed by atoms with van der Waals surface area (Å²) in [4.78, 5) is 21.7. The number of hydrogen-bond donors (Lipinski definition) is 1. The molecule has 0 saturated heterocycles. The smallest absolute Gasteiger partial charge is 0.306 e. The van der Waals surface area contributed by atoms with Crippen molar-refractivity contribution < 1.29 is 18.8 Å². The van der Waals surface area contributed by atoms with Crippen molar-refractivity contribution in [1.82, 2.24) is 0 Å². The number of hydrogen-bond acceptors (Lipinski definition) is 4. The fraction of sp³-hybridized carbons (Fsp3) is 0.0556. The summed E-state index contributed by atoms with van der Waals surface area (Å²) in [7, 11) is 0. The molecule has 7 heteroatoms. The van der Waals surface area contributed by atoms with Crippen LogP contribution in [0.4, 0.5) is 15.8 Å². The zero-order chi connectivity index (χ0) is 18.2. The number of amides is 1. The summed E-state index contributed by atoms with van der Waals surface area (Å²) in [5, 5.41) is 13.1. The van der Waals surface area contributed by atoms with E-state index in [1.807, 2.05) is 0 Å². The fourth-order valence-electron chi connectivity index (χ4n) is 1.92. The van der Waals surface area contributed by atoms with E-state index in [1.54, 1.807) is 36.4 Å². The summed E-state index contributed by atoms with van der Waals surface area (Å²) in [6.45, 7) is 3.96. The third-order valence-electron chi connectivity index (χ3n) is 3.09. The summed E-state index contributed by atoms with van der Waals surface area (Å²) in [5.41, 5.74) is 0.207. The predicted molar refractivity (Wildman–Crippen MR) is 92.9 cm³/mol. The molecule has 1 N–H and O–H groups in total. The summed E-state index contributed by atoms with van der Waals surface area (Å²) in [6, 6.07) is 10.2. The third kappa shape index (κ3) is 5.28. The monoisotopic (exact) mass is 342 g/mol. The molecule has 6 nitrogen and oxygen atoms in total. The van der Waals surface area contributed by atoms with Crippen LogP contribution in [-0.2, 0) is 4.79 Å². The second-order valence-electron chi connectivity index (χ2n) is 4.91. The van der Waals surface area contributed by atoms with E-state index in [0.29, 0.717) is 12.4 Å². The highest BCUT2D eigenvalue weighted by atomic mass is 19.1. The maximum Gasteiger partial charge on any atom is 0.306 e. The molecule has 128 valence electrons. The van der Waals surface area contributed by atoms with E-state index in [4.69, 9.17) is 4.74 Å². The maximum absolute atomic E-state index is 13.3. The second kappa shape index (κ2) is 8.39. The van der Waals surface area contributed by atoms with Gasteiger partial charge in [-0.1, -0.05) is 24.8 Å². The SMILES string of the molecule is C=CCOc1ccc(/C=C/C(=O)Nc2ccc(F)c([N+](=O)[O-])c2)cc1. The van der Waals surface area contributed by atoms with Crippen LogP contribution in [0.1, 0.15) is 5.56 Å². The topological polar surface area (TPSA) is 81.5 Å². The first-order valence-electron chi connectivity index (χ1n) is 7.26. The standard InChI is InChI=1S/C18H15FN2O4/c1-2-11-25-15-7-3-13(4-8-15)5-10-18(22)20-14-6-9-16(19)17(12-14)21(23)24/h2-10,12H,1,11H2,(H,20,22)/b10-5+. The minimum atomic E-state index is -0.961. The zero-order valence-corrected chi connectivity index (χ0v) is 13.1. The minimum Gasteiger partial charge on any atom is -0.490 e. The van der Waals surface area contributed by atoms with Crippen LogP contribution in [0, 0.1) is 15.9 Å². The summed E-state index contributed by atoms with van der Waals surface area (Å²) in [5.74, 6) is -0.773. The Balaban J connectivity index is 2.00. The van der Waals surface area contributed by atoms with E-state index in [9.17, 15) is 19.3 Å². The molecule has 2 aromatic rings.